The summed E-state index contributed by atoms with van der Waals surface area (Å²) in [5.41, 5.74) is 3.95. The molecule has 1 aromatic rings. The quantitative estimate of drug-likeness (QED) is 0.177. The lowest BCUT2D eigenvalue weighted by Crippen LogP contribution is -2.26. The zero-order chi connectivity index (χ0) is 27.2. The Morgan fingerprint density at radius 3 is 2.41 bits per heavy atom. The summed E-state index contributed by atoms with van der Waals surface area (Å²) in [7, 11) is 3.01. The van der Waals surface area contributed by atoms with Gasteiger partial charge in [-0.15, -0.1) is 0 Å². The van der Waals surface area contributed by atoms with E-state index in [2.05, 4.69) is 30.6 Å². The number of nitrogens with zero attached hydrogens (tertiary/aromatic N) is 1. The molecule has 0 unspecified atom stereocenters. The van der Waals surface area contributed by atoms with Crippen LogP contribution in [0, 0.1) is 18.8 Å². The number of esters is 2. The van der Waals surface area contributed by atoms with E-state index in [1.54, 1.807) is 7.11 Å². The monoisotopic (exact) mass is 513 g/mol. The van der Waals surface area contributed by atoms with Crippen LogP contribution in [0.25, 0.3) is 0 Å². The Kier molecular flexibility index (Phi) is 13.1. The lowest BCUT2D eigenvalue weighted by molar-refractivity contribution is -0.140. The first-order chi connectivity index (χ1) is 17.9. The van der Waals surface area contributed by atoms with Gasteiger partial charge in [-0.1, -0.05) is 50.2 Å². The number of hydrogen-bond donors (Lipinski definition) is 0. The van der Waals surface area contributed by atoms with Gasteiger partial charge in [0.05, 0.1) is 20.8 Å². The zero-order valence-corrected chi connectivity index (χ0v) is 23.5. The summed E-state index contributed by atoms with van der Waals surface area (Å²) >= 11 is 0. The van der Waals surface area contributed by atoms with Crippen molar-refractivity contribution in [3.63, 3.8) is 0 Å². The third kappa shape index (κ3) is 8.82. The number of carbonyl (C=O) groups is 2. The molecule has 0 amide bonds. The first-order valence-corrected chi connectivity index (χ1v) is 13.3. The second-order valence-corrected chi connectivity index (χ2v) is 9.35. The molecule has 0 atom stereocenters. The molecule has 7 heteroatoms. The fourth-order valence-electron chi connectivity index (χ4n) is 4.31. The highest BCUT2D eigenvalue weighted by atomic mass is 16.5. The average molecular weight is 514 g/mol. The number of fused-ring (bicyclic) bond motifs is 1. The fraction of sp³-hybridized carbons (Fsp3) is 0.600. The van der Waals surface area contributed by atoms with Crippen LogP contribution in [-0.4, -0.2) is 57.3 Å². The number of allylic oxidation sites excluding steroid dienone is 2. The maximum atomic E-state index is 12.7. The van der Waals surface area contributed by atoms with E-state index < -0.39 is 0 Å². The Labute approximate surface area is 222 Å². The van der Waals surface area contributed by atoms with E-state index in [9.17, 15) is 9.59 Å². The number of hydrogen-bond acceptors (Lipinski definition) is 7. The van der Waals surface area contributed by atoms with Crippen LogP contribution in [0.1, 0.15) is 86.3 Å². The summed E-state index contributed by atoms with van der Waals surface area (Å²) in [5, 5.41) is 0. The van der Waals surface area contributed by atoms with Crippen LogP contribution in [0.3, 0.4) is 0 Å². The van der Waals surface area contributed by atoms with Gasteiger partial charge in [-0.05, 0) is 58.2 Å². The maximum absolute atomic E-state index is 12.7. The summed E-state index contributed by atoms with van der Waals surface area (Å²) in [6.07, 6.45) is 8.08. The summed E-state index contributed by atoms with van der Waals surface area (Å²) in [6.45, 7) is 11.5. The molecule has 1 heterocycles. The van der Waals surface area contributed by atoms with Gasteiger partial charge in [-0.2, -0.15) is 0 Å². The van der Waals surface area contributed by atoms with E-state index in [1.165, 1.54) is 7.11 Å². The summed E-state index contributed by atoms with van der Waals surface area (Å²) < 4.78 is 22.0. The van der Waals surface area contributed by atoms with Gasteiger partial charge in [0.25, 0.3) is 0 Å². The molecule has 0 fully saturated rings. The van der Waals surface area contributed by atoms with E-state index >= 15 is 0 Å². The minimum absolute atomic E-state index is 0.166. The second kappa shape index (κ2) is 16.0. The molecule has 37 heavy (non-hydrogen) atoms. The number of unbranched alkanes of at least 4 members (excludes halogenated alkanes) is 2. The summed E-state index contributed by atoms with van der Waals surface area (Å²) in [4.78, 5) is 26.6. The van der Waals surface area contributed by atoms with Gasteiger partial charge >= 0.3 is 11.9 Å². The third-order valence-corrected chi connectivity index (χ3v) is 6.60. The van der Waals surface area contributed by atoms with E-state index in [0.29, 0.717) is 42.9 Å². The molecular formula is C30H43NO6. The SMILES string of the molecule is CCCCN(CC#CCOc1c(C/C=C(\C)CCC(=O)OC)c(OC)c(C)c2c1C(=O)OC2)CCCC. The molecule has 0 radical (unpaired) electrons. The van der Waals surface area contributed by atoms with Crippen molar-refractivity contribution in [3.8, 4) is 23.3 Å². The Morgan fingerprint density at radius 1 is 1.08 bits per heavy atom. The molecule has 0 bridgehead atoms. The highest BCUT2D eigenvalue weighted by Crippen LogP contribution is 2.42. The molecule has 7 nitrogen and oxygen atoms in total. The molecule has 0 saturated carbocycles. The predicted molar refractivity (Wildman–Crippen MR) is 145 cm³/mol. The smallest absolute Gasteiger partial charge is 0.342 e. The van der Waals surface area contributed by atoms with E-state index in [1.807, 2.05) is 19.9 Å². The van der Waals surface area contributed by atoms with Crippen molar-refractivity contribution in [2.24, 2.45) is 0 Å². The van der Waals surface area contributed by atoms with Crippen LogP contribution in [0.5, 0.6) is 11.5 Å². The number of methoxy groups -OCH3 is 2. The van der Waals surface area contributed by atoms with Crippen molar-refractivity contribution in [2.45, 2.75) is 79.2 Å². The lowest BCUT2D eigenvalue weighted by Gasteiger charge is -2.19. The largest absolute Gasteiger partial charge is 0.496 e. The number of carbonyl (C=O) groups excluding carboxylic acids is 2. The molecule has 1 aliphatic heterocycles. The van der Waals surface area contributed by atoms with Gasteiger partial charge in [-0.3, -0.25) is 9.69 Å². The van der Waals surface area contributed by atoms with Crippen molar-refractivity contribution >= 4 is 11.9 Å². The Bertz CT molecular complexity index is 1010. The molecule has 1 aromatic carbocycles. The van der Waals surface area contributed by atoms with Crippen molar-refractivity contribution in [1.29, 1.82) is 0 Å². The molecule has 1 aliphatic rings. The molecule has 204 valence electrons. The molecule has 2 rings (SSSR count). The van der Waals surface area contributed by atoms with Crippen LogP contribution in [0.4, 0.5) is 0 Å². The van der Waals surface area contributed by atoms with Gasteiger partial charge in [0, 0.05) is 17.5 Å². The normalized spacial score (nSPS) is 12.6. The van der Waals surface area contributed by atoms with Crippen LogP contribution in [0.2, 0.25) is 0 Å². The molecular weight excluding hydrogens is 470 g/mol. The van der Waals surface area contributed by atoms with E-state index in [0.717, 1.165) is 61.0 Å². The molecule has 0 aromatic heterocycles. The minimum Gasteiger partial charge on any atom is -0.496 e. The number of cyclic esters (lactones) is 1. The first-order valence-electron chi connectivity index (χ1n) is 13.3. The zero-order valence-electron chi connectivity index (χ0n) is 23.5. The van der Waals surface area contributed by atoms with Gasteiger partial charge in [0.15, 0.2) is 0 Å². The number of ether oxygens (including phenoxy) is 4. The van der Waals surface area contributed by atoms with Gasteiger partial charge in [0.2, 0.25) is 0 Å². The van der Waals surface area contributed by atoms with Crippen LogP contribution < -0.4 is 9.47 Å². The number of rotatable bonds is 15. The van der Waals surface area contributed by atoms with Gasteiger partial charge in [-0.25, -0.2) is 4.79 Å². The minimum atomic E-state index is -0.387. The topological polar surface area (TPSA) is 74.3 Å². The molecule has 0 aliphatic carbocycles. The predicted octanol–water partition coefficient (Wildman–Crippen LogP) is 5.40. The summed E-state index contributed by atoms with van der Waals surface area (Å²) in [5.74, 6) is 6.90. The van der Waals surface area contributed by atoms with Gasteiger partial charge < -0.3 is 18.9 Å². The Balaban J connectivity index is 2.26. The van der Waals surface area contributed by atoms with Crippen molar-refractivity contribution in [2.75, 3.05) is 40.5 Å². The number of benzene rings is 1. The Hall–Kier alpha value is -2.98. The average Bonchev–Trinajstić information content (AvgIpc) is 3.29. The van der Waals surface area contributed by atoms with E-state index in [4.69, 9.17) is 18.9 Å². The third-order valence-electron chi connectivity index (χ3n) is 6.60. The first kappa shape index (κ1) is 30.2. The van der Waals surface area contributed by atoms with E-state index in [-0.39, 0.29) is 25.2 Å². The Morgan fingerprint density at radius 2 is 1.78 bits per heavy atom. The standard InChI is InChI=1S/C30H43NO6/c1-7-9-17-31(18-10-8-2)19-11-12-20-36-29-24(15-13-22(3)14-16-26(32)34-5)28(35-6)23(4)25-21-37-30(33)27(25)29/h13H,7-10,14-21H2,1-6H3/b22-13+. The van der Waals surface area contributed by atoms with Crippen molar-refractivity contribution in [3.05, 3.63) is 33.9 Å². The van der Waals surface area contributed by atoms with Crippen molar-refractivity contribution in [1.82, 2.24) is 4.90 Å². The highest BCUT2D eigenvalue weighted by molar-refractivity contribution is 5.98. The van der Waals surface area contributed by atoms with Crippen molar-refractivity contribution < 1.29 is 28.5 Å². The van der Waals surface area contributed by atoms with Crippen LogP contribution >= 0.6 is 0 Å². The fourth-order valence-corrected chi connectivity index (χ4v) is 4.31. The lowest BCUT2D eigenvalue weighted by atomic mass is 9.94. The summed E-state index contributed by atoms with van der Waals surface area (Å²) in [6, 6.07) is 0. The van der Waals surface area contributed by atoms with Gasteiger partial charge in [0.1, 0.15) is 30.3 Å². The second-order valence-electron chi connectivity index (χ2n) is 9.35. The van der Waals surface area contributed by atoms with Crippen LogP contribution in [0.15, 0.2) is 11.6 Å². The molecule has 0 saturated heterocycles. The molecule has 0 spiro atoms. The molecule has 0 N–H and O–H groups in total. The maximum Gasteiger partial charge on any atom is 0.342 e. The van der Waals surface area contributed by atoms with Crippen LogP contribution in [-0.2, 0) is 27.3 Å². The highest BCUT2D eigenvalue weighted by Gasteiger charge is 2.33.